The van der Waals surface area contributed by atoms with Crippen LogP contribution in [0.5, 0.6) is 0 Å². The third kappa shape index (κ3) is 3.63. The van der Waals surface area contributed by atoms with Gasteiger partial charge in [-0.2, -0.15) is 11.8 Å². The van der Waals surface area contributed by atoms with Crippen LogP contribution in [0.15, 0.2) is 18.2 Å². The van der Waals surface area contributed by atoms with E-state index in [1.807, 2.05) is 11.8 Å². The quantitative estimate of drug-likeness (QED) is 0.925. The molecule has 2 rings (SSSR count). The Labute approximate surface area is 123 Å². The van der Waals surface area contributed by atoms with Gasteiger partial charge in [-0.15, -0.1) is 0 Å². The Morgan fingerprint density at radius 2 is 2.37 bits per heavy atom. The monoisotopic (exact) mass is 302 g/mol. The predicted molar refractivity (Wildman–Crippen MR) is 81.3 cm³/mol. The first-order valence-electron chi connectivity index (χ1n) is 6.66. The van der Waals surface area contributed by atoms with Gasteiger partial charge in [0, 0.05) is 41.7 Å². The Bertz CT molecular complexity index is 430. The van der Waals surface area contributed by atoms with Gasteiger partial charge in [0.2, 0.25) is 0 Å². The molecule has 0 aliphatic carbocycles. The van der Waals surface area contributed by atoms with Crippen LogP contribution in [0.1, 0.15) is 24.9 Å². The van der Waals surface area contributed by atoms with Gasteiger partial charge in [0.25, 0.3) is 0 Å². The van der Waals surface area contributed by atoms with Crippen molar-refractivity contribution in [3.8, 4) is 0 Å². The zero-order chi connectivity index (χ0) is 13.8. The van der Waals surface area contributed by atoms with Crippen LogP contribution >= 0.6 is 23.4 Å². The maximum atomic E-state index is 13.1. The molecule has 2 N–H and O–H groups in total. The molecule has 1 aromatic rings. The highest BCUT2D eigenvalue weighted by atomic mass is 35.5. The van der Waals surface area contributed by atoms with Crippen LogP contribution in [0.3, 0.4) is 0 Å². The SMILES string of the molecule is CCC1CN(C(CN)c2ccc(F)cc2Cl)CCS1. The molecule has 1 aliphatic rings. The van der Waals surface area contributed by atoms with Gasteiger partial charge in [0.05, 0.1) is 0 Å². The maximum Gasteiger partial charge on any atom is 0.124 e. The van der Waals surface area contributed by atoms with E-state index < -0.39 is 0 Å². The second kappa shape index (κ2) is 6.93. The predicted octanol–water partition coefficient (Wildman–Crippen LogP) is 3.31. The Kier molecular flexibility index (Phi) is 5.51. The zero-order valence-electron chi connectivity index (χ0n) is 11.1. The molecule has 0 radical (unpaired) electrons. The summed E-state index contributed by atoms with van der Waals surface area (Å²) in [4.78, 5) is 2.38. The third-order valence-electron chi connectivity index (χ3n) is 3.61. The van der Waals surface area contributed by atoms with E-state index in [-0.39, 0.29) is 11.9 Å². The van der Waals surface area contributed by atoms with E-state index in [4.69, 9.17) is 17.3 Å². The van der Waals surface area contributed by atoms with E-state index in [1.54, 1.807) is 6.07 Å². The number of hydrogen-bond donors (Lipinski definition) is 1. The fourth-order valence-electron chi connectivity index (χ4n) is 2.52. The molecular formula is C14H20ClFN2S. The van der Waals surface area contributed by atoms with E-state index in [9.17, 15) is 4.39 Å². The summed E-state index contributed by atoms with van der Waals surface area (Å²) in [6.45, 7) is 4.75. The van der Waals surface area contributed by atoms with Crippen LogP contribution in [0.25, 0.3) is 0 Å². The highest BCUT2D eigenvalue weighted by Crippen LogP contribution is 2.31. The third-order valence-corrected chi connectivity index (χ3v) is 5.31. The molecule has 1 fully saturated rings. The minimum atomic E-state index is -0.301. The van der Waals surface area contributed by atoms with E-state index in [0.29, 0.717) is 16.8 Å². The van der Waals surface area contributed by atoms with Gasteiger partial charge in [0.1, 0.15) is 5.82 Å². The Morgan fingerprint density at radius 1 is 1.58 bits per heavy atom. The first kappa shape index (κ1) is 15.1. The molecule has 2 unspecified atom stereocenters. The summed E-state index contributed by atoms with van der Waals surface area (Å²) in [5.41, 5.74) is 6.87. The second-order valence-electron chi connectivity index (χ2n) is 4.81. The molecule has 106 valence electrons. The average Bonchev–Trinajstić information content (AvgIpc) is 2.42. The molecule has 2 nitrogen and oxygen atoms in total. The molecule has 1 saturated heterocycles. The largest absolute Gasteiger partial charge is 0.329 e. The first-order valence-corrected chi connectivity index (χ1v) is 8.09. The Hall–Kier alpha value is -0.290. The fourth-order valence-corrected chi connectivity index (χ4v) is 4.02. The minimum Gasteiger partial charge on any atom is -0.329 e. The molecular weight excluding hydrogens is 283 g/mol. The normalized spacial score (nSPS) is 22.4. The number of nitrogens with zero attached hydrogens (tertiary/aromatic N) is 1. The molecule has 0 bridgehead atoms. The van der Waals surface area contributed by atoms with Crippen LogP contribution in [-0.2, 0) is 0 Å². The second-order valence-corrected chi connectivity index (χ2v) is 6.63. The molecule has 0 spiro atoms. The summed E-state index contributed by atoms with van der Waals surface area (Å²) in [7, 11) is 0. The van der Waals surface area contributed by atoms with E-state index in [1.165, 1.54) is 12.1 Å². The fraction of sp³-hybridized carbons (Fsp3) is 0.571. The highest BCUT2D eigenvalue weighted by molar-refractivity contribution is 8.00. The van der Waals surface area contributed by atoms with Crippen LogP contribution < -0.4 is 5.73 Å². The molecule has 5 heteroatoms. The summed E-state index contributed by atoms with van der Waals surface area (Å²) >= 11 is 8.19. The lowest BCUT2D eigenvalue weighted by molar-refractivity contribution is 0.207. The van der Waals surface area contributed by atoms with E-state index in [0.717, 1.165) is 30.8 Å². The van der Waals surface area contributed by atoms with Gasteiger partial charge < -0.3 is 5.73 Å². The van der Waals surface area contributed by atoms with Crippen molar-refractivity contribution in [1.29, 1.82) is 0 Å². The van der Waals surface area contributed by atoms with Crippen molar-refractivity contribution in [3.63, 3.8) is 0 Å². The lowest BCUT2D eigenvalue weighted by Crippen LogP contribution is -2.42. The number of rotatable bonds is 4. The van der Waals surface area contributed by atoms with Crippen molar-refractivity contribution in [1.82, 2.24) is 4.90 Å². The molecule has 1 aliphatic heterocycles. The zero-order valence-corrected chi connectivity index (χ0v) is 12.7. The van der Waals surface area contributed by atoms with E-state index >= 15 is 0 Å². The van der Waals surface area contributed by atoms with Crippen LogP contribution in [0.2, 0.25) is 5.02 Å². The van der Waals surface area contributed by atoms with Gasteiger partial charge in [-0.3, -0.25) is 4.90 Å². The molecule has 1 aromatic carbocycles. The highest BCUT2D eigenvalue weighted by Gasteiger charge is 2.27. The first-order chi connectivity index (χ1) is 9.15. The molecule has 0 saturated carbocycles. The number of benzene rings is 1. The number of hydrogen-bond acceptors (Lipinski definition) is 3. The molecule has 2 atom stereocenters. The summed E-state index contributed by atoms with van der Waals surface area (Å²) in [6, 6.07) is 4.68. The van der Waals surface area contributed by atoms with E-state index in [2.05, 4.69) is 11.8 Å². The number of thioether (sulfide) groups is 1. The van der Waals surface area contributed by atoms with Gasteiger partial charge >= 0.3 is 0 Å². The van der Waals surface area contributed by atoms with Crippen molar-refractivity contribution in [3.05, 3.63) is 34.6 Å². The van der Waals surface area contributed by atoms with Crippen LogP contribution in [0, 0.1) is 5.82 Å². The molecule has 19 heavy (non-hydrogen) atoms. The van der Waals surface area contributed by atoms with Crippen LogP contribution in [0.4, 0.5) is 4.39 Å². The summed E-state index contributed by atoms with van der Waals surface area (Å²) in [6.07, 6.45) is 1.16. The van der Waals surface area contributed by atoms with Crippen molar-refractivity contribution in [2.75, 3.05) is 25.4 Å². The number of halogens is 2. The lowest BCUT2D eigenvalue weighted by Gasteiger charge is -2.37. The summed E-state index contributed by atoms with van der Waals surface area (Å²) in [5.74, 6) is 0.818. The van der Waals surface area contributed by atoms with Crippen molar-refractivity contribution < 1.29 is 4.39 Å². The van der Waals surface area contributed by atoms with Crippen molar-refractivity contribution >= 4 is 23.4 Å². The van der Waals surface area contributed by atoms with Gasteiger partial charge in [-0.1, -0.05) is 24.6 Å². The van der Waals surface area contributed by atoms with Crippen LogP contribution in [-0.4, -0.2) is 35.5 Å². The van der Waals surface area contributed by atoms with Gasteiger partial charge in [0.15, 0.2) is 0 Å². The molecule has 1 heterocycles. The standard InChI is InChI=1S/C14H20ClFN2S/c1-2-11-9-18(5-6-19-11)14(8-17)12-4-3-10(16)7-13(12)15/h3-4,7,11,14H,2,5-6,8-9,17H2,1H3. The summed E-state index contributed by atoms with van der Waals surface area (Å²) in [5, 5.41) is 1.13. The van der Waals surface area contributed by atoms with Gasteiger partial charge in [-0.05, 0) is 24.1 Å². The Morgan fingerprint density at radius 3 is 3.00 bits per heavy atom. The van der Waals surface area contributed by atoms with Gasteiger partial charge in [-0.25, -0.2) is 4.39 Å². The molecule has 0 aromatic heterocycles. The maximum absolute atomic E-state index is 13.1. The minimum absolute atomic E-state index is 0.0862. The smallest absolute Gasteiger partial charge is 0.124 e. The topological polar surface area (TPSA) is 29.3 Å². The van der Waals surface area contributed by atoms with Crippen molar-refractivity contribution in [2.45, 2.75) is 24.6 Å². The molecule has 0 amide bonds. The number of nitrogens with two attached hydrogens (primary N) is 1. The summed E-state index contributed by atoms with van der Waals surface area (Å²) < 4.78 is 13.1. The van der Waals surface area contributed by atoms with Crippen molar-refractivity contribution in [2.24, 2.45) is 5.73 Å². The average molecular weight is 303 g/mol. The Balaban J connectivity index is 2.19. The lowest BCUT2D eigenvalue weighted by atomic mass is 10.0.